The Balaban J connectivity index is 1.45. The van der Waals surface area contributed by atoms with Crippen molar-refractivity contribution in [2.75, 3.05) is 26.9 Å². The average molecular weight is 589 g/mol. The van der Waals surface area contributed by atoms with E-state index in [9.17, 15) is 14.7 Å². The molecule has 1 aliphatic heterocycles. The van der Waals surface area contributed by atoms with E-state index in [2.05, 4.69) is 10.3 Å². The summed E-state index contributed by atoms with van der Waals surface area (Å²) >= 11 is 0. The second-order valence-corrected chi connectivity index (χ2v) is 10.7. The number of methoxy groups -OCH3 is 1. The van der Waals surface area contributed by atoms with Crippen LogP contribution in [0.5, 0.6) is 5.75 Å². The van der Waals surface area contributed by atoms with Gasteiger partial charge in [-0.3, -0.25) is 14.3 Å². The van der Waals surface area contributed by atoms with Gasteiger partial charge in [0.2, 0.25) is 6.29 Å². The van der Waals surface area contributed by atoms with Crippen LogP contribution < -0.4 is 15.6 Å². The van der Waals surface area contributed by atoms with Crippen molar-refractivity contribution < 1.29 is 24.1 Å². The summed E-state index contributed by atoms with van der Waals surface area (Å²) in [6.45, 7) is 4.53. The van der Waals surface area contributed by atoms with Gasteiger partial charge < -0.3 is 29.6 Å². The number of hydrogen-bond acceptors (Lipinski definition) is 6. The zero-order valence-corrected chi connectivity index (χ0v) is 25.1. The number of carbonyl (C=O) groups excluding carboxylic acids is 1. The summed E-state index contributed by atoms with van der Waals surface area (Å²) in [5.74, 6) is -0.211. The van der Waals surface area contributed by atoms with Crippen LogP contribution in [0.2, 0.25) is 0 Å². The lowest BCUT2D eigenvalue weighted by Crippen LogP contribution is -2.40. The first-order chi connectivity index (χ1) is 20.9. The van der Waals surface area contributed by atoms with E-state index in [1.54, 1.807) is 17.9 Å². The lowest BCUT2D eigenvalue weighted by molar-refractivity contribution is -0.166. The Morgan fingerprint density at radius 3 is 2.70 bits per heavy atom. The molecule has 2 aromatic heterocycles. The Morgan fingerprint density at radius 2 is 1.98 bits per heavy atom. The van der Waals surface area contributed by atoms with Crippen molar-refractivity contribution in [2.45, 2.75) is 45.3 Å². The van der Waals surface area contributed by atoms with Gasteiger partial charge in [0.1, 0.15) is 5.75 Å². The van der Waals surface area contributed by atoms with Crippen LogP contribution in [-0.4, -0.2) is 58.5 Å². The molecule has 1 aliphatic rings. The molecule has 3 N–H and O–H groups in total. The van der Waals surface area contributed by atoms with Gasteiger partial charge in [0, 0.05) is 67.0 Å². The standard InChI is InChI=1S/C33H40N4O6/c1-5-42-33-25(12-9-17-38)27(30-21(2)36(3)37(32(30)40)23-10-7-6-8-11-23)19-29(43-33)31(39)34-16-15-22-20-35-28-14-13-24(41-4)18-26(22)28/h6-8,10-11,13-14,18-20,25,27,33,35,38H,5,9,12,15-17H2,1-4H3,(H,34,39)/t25-,27+,33-/m0/s1. The van der Waals surface area contributed by atoms with E-state index >= 15 is 0 Å². The second-order valence-electron chi connectivity index (χ2n) is 10.7. The molecule has 3 heterocycles. The third-order valence-electron chi connectivity index (χ3n) is 8.22. The number of H-pyrrole nitrogens is 1. The summed E-state index contributed by atoms with van der Waals surface area (Å²) in [5.41, 5.74) is 4.02. The van der Waals surface area contributed by atoms with Crippen molar-refractivity contribution in [2.24, 2.45) is 13.0 Å². The molecule has 10 nitrogen and oxygen atoms in total. The van der Waals surface area contributed by atoms with E-state index in [1.807, 2.05) is 80.3 Å². The van der Waals surface area contributed by atoms with Gasteiger partial charge in [0.25, 0.3) is 11.5 Å². The van der Waals surface area contributed by atoms with Crippen molar-refractivity contribution in [3.05, 3.63) is 93.7 Å². The number of aromatic nitrogens is 3. The maximum atomic E-state index is 14.0. The normalized spacial score (nSPS) is 18.3. The summed E-state index contributed by atoms with van der Waals surface area (Å²) in [5, 5.41) is 13.7. The van der Waals surface area contributed by atoms with Crippen LogP contribution in [0.4, 0.5) is 0 Å². The molecule has 228 valence electrons. The van der Waals surface area contributed by atoms with Gasteiger partial charge >= 0.3 is 0 Å². The maximum Gasteiger partial charge on any atom is 0.286 e. The van der Waals surface area contributed by atoms with Crippen LogP contribution >= 0.6 is 0 Å². The molecule has 0 fully saturated rings. The van der Waals surface area contributed by atoms with Gasteiger partial charge in [-0.05, 0) is 75.1 Å². The molecule has 3 atom stereocenters. The first-order valence-corrected chi connectivity index (χ1v) is 14.7. The molecule has 0 saturated carbocycles. The van der Waals surface area contributed by atoms with Gasteiger partial charge in [0.05, 0.1) is 12.8 Å². The molecule has 5 rings (SSSR count). The molecular weight excluding hydrogens is 548 g/mol. The number of para-hydroxylation sites is 1. The number of aliphatic hydroxyl groups excluding tert-OH is 1. The monoisotopic (exact) mass is 588 g/mol. The molecule has 4 aromatic rings. The molecule has 0 radical (unpaired) electrons. The smallest absolute Gasteiger partial charge is 0.286 e. The molecule has 2 aromatic carbocycles. The number of amides is 1. The Bertz CT molecular complexity index is 1650. The van der Waals surface area contributed by atoms with Crippen LogP contribution in [0.25, 0.3) is 16.6 Å². The van der Waals surface area contributed by atoms with Crippen LogP contribution in [0, 0.1) is 12.8 Å². The quantitative estimate of drug-likeness (QED) is 0.230. The molecule has 0 unspecified atom stereocenters. The molecule has 43 heavy (non-hydrogen) atoms. The first-order valence-electron chi connectivity index (χ1n) is 14.7. The summed E-state index contributed by atoms with van der Waals surface area (Å²) in [6.07, 6.45) is 4.61. The number of benzene rings is 2. The summed E-state index contributed by atoms with van der Waals surface area (Å²) in [7, 11) is 3.49. The molecule has 10 heteroatoms. The highest BCUT2D eigenvalue weighted by molar-refractivity contribution is 5.92. The number of hydrogen-bond donors (Lipinski definition) is 3. The van der Waals surface area contributed by atoms with Crippen LogP contribution in [0.1, 0.15) is 42.5 Å². The van der Waals surface area contributed by atoms with Crippen molar-refractivity contribution in [3.8, 4) is 11.4 Å². The predicted octanol–water partition coefficient (Wildman–Crippen LogP) is 4.08. The number of nitrogens with zero attached hydrogens (tertiary/aromatic N) is 2. The minimum absolute atomic E-state index is 0.000846. The van der Waals surface area contributed by atoms with E-state index in [0.717, 1.165) is 33.6 Å². The summed E-state index contributed by atoms with van der Waals surface area (Å²) in [6, 6.07) is 15.3. The fourth-order valence-electron chi connectivity index (χ4n) is 5.96. The topological polar surface area (TPSA) is 120 Å². The third-order valence-corrected chi connectivity index (χ3v) is 8.22. The molecule has 1 amide bonds. The third kappa shape index (κ3) is 6.11. The zero-order valence-electron chi connectivity index (χ0n) is 25.1. The first kappa shape index (κ1) is 30.2. The largest absolute Gasteiger partial charge is 0.497 e. The minimum atomic E-state index is -0.752. The highest BCUT2D eigenvalue weighted by atomic mass is 16.7. The number of ether oxygens (including phenoxy) is 3. The molecule has 0 saturated heterocycles. The lowest BCUT2D eigenvalue weighted by atomic mass is 9.80. The number of aromatic amines is 1. The Labute approximate surface area is 250 Å². The van der Waals surface area contributed by atoms with Gasteiger partial charge in [-0.25, -0.2) is 4.68 Å². The van der Waals surface area contributed by atoms with E-state index < -0.39 is 12.2 Å². The number of rotatable bonds is 12. The van der Waals surface area contributed by atoms with Crippen LogP contribution in [-0.2, 0) is 27.7 Å². The lowest BCUT2D eigenvalue weighted by Gasteiger charge is -2.36. The number of fused-ring (bicyclic) bond motifs is 1. The number of aliphatic hydroxyl groups is 1. The van der Waals surface area contributed by atoms with Crippen molar-refractivity contribution in [1.29, 1.82) is 0 Å². The molecule has 0 spiro atoms. The van der Waals surface area contributed by atoms with Gasteiger partial charge in [0.15, 0.2) is 5.76 Å². The highest BCUT2D eigenvalue weighted by Gasteiger charge is 2.40. The fourth-order valence-corrected chi connectivity index (χ4v) is 5.96. The van der Waals surface area contributed by atoms with Crippen LogP contribution in [0.3, 0.4) is 0 Å². The number of nitrogens with one attached hydrogen (secondary N) is 2. The number of allylic oxidation sites excluding steroid dienone is 1. The minimum Gasteiger partial charge on any atom is -0.497 e. The fraction of sp³-hybridized carbons (Fsp3) is 0.394. The zero-order chi connectivity index (χ0) is 30.5. The predicted molar refractivity (Wildman–Crippen MR) is 164 cm³/mol. The average Bonchev–Trinajstić information content (AvgIpc) is 3.52. The van der Waals surface area contributed by atoms with E-state index in [0.29, 0.717) is 38.0 Å². The molecule has 0 bridgehead atoms. The Morgan fingerprint density at radius 1 is 1.19 bits per heavy atom. The van der Waals surface area contributed by atoms with Gasteiger partial charge in [-0.1, -0.05) is 18.2 Å². The highest BCUT2D eigenvalue weighted by Crippen LogP contribution is 2.39. The van der Waals surface area contributed by atoms with Gasteiger partial charge in [-0.15, -0.1) is 0 Å². The van der Waals surface area contributed by atoms with E-state index in [1.165, 1.54) is 0 Å². The second kappa shape index (κ2) is 13.4. The number of carbonyl (C=O) groups is 1. The summed E-state index contributed by atoms with van der Waals surface area (Å²) in [4.78, 5) is 30.7. The van der Waals surface area contributed by atoms with Crippen molar-refractivity contribution in [3.63, 3.8) is 0 Å². The summed E-state index contributed by atoms with van der Waals surface area (Å²) < 4.78 is 21.0. The van der Waals surface area contributed by atoms with Crippen molar-refractivity contribution >= 4 is 16.8 Å². The van der Waals surface area contributed by atoms with Crippen LogP contribution in [0.15, 0.2) is 71.4 Å². The maximum absolute atomic E-state index is 14.0. The van der Waals surface area contributed by atoms with E-state index in [-0.39, 0.29) is 29.8 Å². The van der Waals surface area contributed by atoms with Gasteiger partial charge in [-0.2, -0.15) is 0 Å². The molecule has 0 aliphatic carbocycles. The Kier molecular flexibility index (Phi) is 9.37. The Hall–Kier alpha value is -4.28. The van der Waals surface area contributed by atoms with Crippen molar-refractivity contribution in [1.82, 2.24) is 19.7 Å². The SMILES string of the molecule is CCO[C@H]1OC(C(=O)NCCc2c[nH]c3ccc(OC)cc23)=C[C@@H](c2c(C)n(C)n(-c3ccccc3)c2=O)[C@@H]1CCCO. The molecular formula is C33H40N4O6. The van der Waals surface area contributed by atoms with E-state index in [4.69, 9.17) is 14.2 Å².